The molecule has 0 aliphatic heterocycles. The maximum atomic E-state index is 11.7. The highest BCUT2D eigenvalue weighted by molar-refractivity contribution is 5.76. The molecule has 0 aliphatic rings. The second-order valence-electron chi connectivity index (χ2n) is 3.40. The number of unbranched alkanes of at least 4 members (excludes halogenated alkanes) is 4. The summed E-state index contributed by atoms with van der Waals surface area (Å²) in [7, 11) is 0. The number of carbonyl (C=O) groups excluding carboxylic acids is 1. The van der Waals surface area contributed by atoms with Gasteiger partial charge in [0.2, 0.25) is 0 Å². The molecule has 0 saturated heterocycles. The van der Waals surface area contributed by atoms with Crippen molar-refractivity contribution in [3.05, 3.63) is 0 Å². The average Bonchev–Trinajstić information content (AvgIpc) is 2.21. The molecule has 0 aromatic heterocycles. The summed E-state index contributed by atoms with van der Waals surface area (Å²) >= 11 is 0. The molecule has 0 aromatic rings. The number of carbonyl (C=O) groups is 2. The van der Waals surface area contributed by atoms with Crippen molar-refractivity contribution in [2.24, 2.45) is 0 Å². The second-order valence-corrected chi connectivity index (χ2v) is 3.40. The number of nitrogens with one attached hydrogen (secondary N) is 1. The Hall–Kier alpha value is -1.13. The first kappa shape index (κ1) is 13.9. The number of alkyl halides is 1. The van der Waals surface area contributed by atoms with Crippen molar-refractivity contribution in [3.63, 3.8) is 0 Å². The van der Waals surface area contributed by atoms with Crippen LogP contribution in [0.1, 0.15) is 38.5 Å². The quantitative estimate of drug-likeness (QED) is 0.577. The maximum absolute atomic E-state index is 11.7. The zero-order chi connectivity index (χ0) is 11.5. The van der Waals surface area contributed by atoms with E-state index in [-0.39, 0.29) is 6.42 Å². The van der Waals surface area contributed by atoms with Crippen LogP contribution < -0.4 is 5.32 Å². The van der Waals surface area contributed by atoms with E-state index in [2.05, 4.69) is 5.32 Å². The third-order valence-corrected chi connectivity index (χ3v) is 2.01. The minimum atomic E-state index is -0.960. The number of hydrogen-bond acceptors (Lipinski definition) is 2. The predicted molar refractivity (Wildman–Crippen MR) is 54.3 cm³/mol. The summed E-state index contributed by atoms with van der Waals surface area (Å²) in [5.74, 6) is -1.33. The Kier molecular flexibility index (Phi) is 8.72. The molecule has 88 valence electrons. The number of rotatable bonds is 9. The zero-order valence-electron chi connectivity index (χ0n) is 8.80. The summed E-state index contributed by atoms with van der Waals surface area (Å²) in [6.45, 7) is -0.458. The van der Waals surface area contributed by atoms with Gasteiger partial charge in [0.05, 0.1) is 0 Å². The lowest BCUT2D eigenvalue weighted by atomic mass is 10.1. The molecular formula is C10H18FNO3. The molecule has 0 saturated carbocycles. The summed E-state index contributed by atoms with van der Waals surface area (Å²) in [5, 5.41) is 10.8. The first-order valence-electron chi connectivity index (χ1n) is 5.21. The van der Waals surface area contributed by atoms with Crippen molar-refractivity contribution in [1.29, 1.82) is 0 Å². The Bertz CT molecular complexity index is 197. The fourth-order valence-electron chi connectivity index (χ4n) is 1.21. The third kappa shape index (κ3) is 10.8. The normalized spacial score (nSPS) is 9.93. The molecule has 0 fully saturated rings. The molecule has 0 aliphatic carbocycles. The van der Waals surface area contributed by atoms with Crippen molar-refractivity contribution in [2.75, 3.05) is 13.2 Å². The van der Waals surface area contributed by atoms with E-state index in [4.69, 9.17) is 5.11 Å². The molecule has 0 atom stereocenters. The Balaban J connectivity index is 3.05. The van der Waals surface area contributed by atoms with Gasteiger partial charge in [-0.05, 0) is 12.8 Å². The highest BCUT2D eigenvalue weighted by Gasteiger charge is 1.98. The number of halogens is 1. The van der Waals surface area contributed by atoms with Crippen LogP contribution in [0.5, 0.6) is 0 Å². The topological polar surface area (TPSA) is 66.4 Å². The van der Waals surface area contributed by atoms with Crippen molar-refractivity contribution in [1.82, 2.24) is 5.32 Å². The zero-order valence-corrected chi connectivity index (χ0v) is 8.80. The Morgan fingerprint density at radius 2 is 1.67 bits per heavy atom. The van der Waals surface area contributed by atoms with Gasteiger partial charge in [0.15, 0.2) is 6.67 Å². The Labute approximate surface area is 88.9 Å². The molecule has 0 spiro atoms. The van der Waals surface area contributed by atoms with Gasteiger partial charge >= 0.3 is 5.97 Å². The minimum absolute atomic E-state index is 0.221. The summed E-state index contributed by atoms with van der Waals surface area (Å²) in [4.78, 5) is 20.6. The van der Waals surface area contributed by atoms with E-state index < -0.39 is 18.6 Å². The average molecular weight is 219 g/mol. The first-order valence-corrected chi connectivity index (χ1v) is 5.21. The molecule has 15 heavy (non-hydrogen) atoms. The van der Waals surface area contributed by atoms with E-state index in [9.17, 15) is 14.0 Å². The van der Waals surface area contributed by atoms with Gasteiger partial charge in [-0.1, -0.05) is 19.3 Å². The monoisotopic (exact) mass is 219 g/mol. The van der Waals surface area contributed by atoms with E-state index in [0.29, 0.717) is 13.0 Å². The number of amides is 1. The van der Waals surface area contributed by atoms with E-state index in [1.807, 2.05) is 0 Å². The van der Waals surface area contributed by atoms with Crippen LogP contribution in [-0.4, -0.2) is 30.2 Å². The fourth-order valence-corrected chi connectivity index (χ4v) is 1.21. The van der Waals surface area contributed by atoms with E-state index in [1.54, 1.807) is 0 Å². The molecule has 0 aromatic carbocycles. The van der Waals surface area contributed by atoms with Crippen LogP contribution >= 0.6 is 0 Å². The van der Waals surface area contributed by atoms with Gasteiger partial charge in [-0.2, -0.15) is 0 Å². The number of carboxylic acid groups (broad SMARTS) is 1. The molecule has 5 heteroatoms. The Morgan fingerprint density at radius 3 is 2.27 bits per heavy atom. The van der Waals surface area contributed by atoms with Crippen LogP contribution in [0.15, 0.2) is 0 Å². The lowest BCUT2D eigenvalue weighted by molar-refractivity contribution is -0.137. The first-order chi connectivity index (χ1) is 7.16. The van der Waals surface area contributed by atoms with Gasteiger partial charge in [0.1, 0.15) is 0 Å². The van der Waals surface area contributed by atoms with Crippen molar-refractivity contribution in [2.45, 2.75) is 38.5 Å². The fraction of sp³-hybridized carbons (Fsp3) is 0.800. The lowest BCUT2D eigenvalue weighted by Crippen LogP contribution is -2.25. The molecule has 0 radical (unpaired) electrons. The standard InChI is InChI=1S/C10H18FNO3/c11-8-9(13)12-7-5-3-1-2-4-6-10(14)15/h1-8H2,(H,12,13)(H,14,15). The van der Waals surface area contributed by atoms with Crippen LogP contribution in [0.3, 0.4) is 0 Å². The van der Waals surface area contributed by atoms with Gasteiger partial charge in [-0.3, -0.25) is 9.59 Å². The smallest absolute Gasteiger partial charge is 0.303 e. The SMILES string of the molecule is O=C(O)CCCCCCCNC(=O)CF. The van der Waals surface area contributed by atoms with Crippen molar-refractivity contribution < 1.29 is 19.1 Å². The third-order valence-electron chi connectivity index (χ3n) is 2.01. The van der Waals surface area contributed by atoms with Gasteiger partial charge in [0, 0.05) is 13.0 Å². The minimum Gasteiger partial charge on any atom is -0.481 e. The molecule has 0 unspecified atom stereocenters. The predicted octanol–water partition coefficient (Wildman–Crippen LogP) is 1.50. The van der Waals surface area contributed by atoms with Crippen molar-refractivity contribution >= 4 is 11.9 Å². The molecule has 2 N–H and O–H groups in total. The molecule has 1 amide bonds. The highest BCUT2D eigenvalue weighted by Crippen LogP contribution is 2.04. The summed E-state index contributed by atoms with van der Waals surface area (Å²) in [6.07, 6.45) is 4.53. The van der Waals surface area contributed by atoms with Crippen LogP contribution in [-0.2, 0) is 9.59 Å². The van der Waals surface area contributed by atoms with Gasteiger partial charge in [-0.15, -0.1) is 0 Å². The maximum Gasteiger partial charge on any atom is 0.303 e. The largest absolute Gasteiger partial charge is 0.481 e. The van der Waals surface area contributed by atoms with E-state index in [0.717, 1.165) is 25.7 Å². The molecule has 4 nitrogen and oxygen atoms in total. The number of carboxylic acids is 1. The molecule has 0 rings (SSSR count). The highest BCUT2D eigenvalue weighted by atomic mass is 19.1. The van der Waals surface area contributed by atoms with Gasteiger partial charge in [-0.25, -0.2) is 4.39 Å². The molecule has 0 heterocycles. The van der Waals surface area contributed by atoms with Crippen LogP contribution in [0.2, 0.25) is 0 Å². The summed E-state index contributed by atoms with van der Waals surface area (Å²) in [5.41, 5.74) is 0. The number of hydrogen-bond donors (Lipinski definition) is 2. The summed E-state index contributed by atoms with van der Waals surface area (Å²) < 4.78 is 11.7. The molecular weight excluding hydrogens is 201 g/mol. The lowest BCUT2D eigenvalue weighted by Gasteiger charge is -2.02. The molecule has 0 bridgehead atoms. The van der Waals surface area contributed by atoms with E-state index in [1.165, 1.54) is 0 Å². The van der Waals surface area contributed by atoms with Crippen molar-refractivity contribution in [3.8, 4) is 0 Å². The van der Waals surface area contributed by atoms with Gasteiger partial charge in [0.25, 0.3) is 5.91 Å². The van der Waals surface area contributed by atoms with Gasteiger partial charge < -0.3 is 10.4 Å². The van der Waals surface area contributed by atoms with Crippen LogP contribution in [0.4, 0.5) is 4.39 Å². The van der Waals surface area contributed by atoms with Crippen LogP contribution in [0, 0.1) is 0 Å². The number of aliphatic carboxylic acids is 1. The second kappa shape index (κ2) is 9.43. The Morgan fingerprint density at radius 1 is 1.07 bits per heavy atom. The van der Waals surface area contributed by atoms with Crippen LogP contribution in [0.25, 0.3) is 0 Å². The summed E-state index contributed by atoms with van der Waals surface area (Å²) in [6, 6.07) is 0. The van der Waals surface area contributed by atoms with E-state index >= 15 is 0 Å².